The van der Waals surface area contributed by atoms with Crippen molar-refractivity contribution in [3.8, 4) is 11.5 Å². The molecule has 0 aliphatic carbocycles. The lowest BCUT2D eigenvalue weighted by molar-refractivity contribution is 0.287. The lowest BCUT2D eigenvalue weighted by Gasteiger charge is -2.18. The SMILES string of the molecule is CCOc1ccc(CCNC(=NC)NCCCN(CC)S(C)(=O)=O)cc1OCC.I. The van der Waals surface area contributed by atoms with Gasteiger partial charge in [-0.3, -0.25) is 4.99 Å². The Labute approximate surface area is 198 Å². The van der Waals surface area contributed by atoms with E-state index >= 15 is 0 Å². The van der Waals surface area contributed by atoms with Gasteiger partial charge in [0.15, 0.2) is 17.5 Å². The Hall–Kier alpha value is -1.27. The predicted octanol–water partition coefficient (Wildman–Crippen LogP) is 2.48. The fraction of sp³-hybridized carbons (Fsp3) is 0.650. The fourth-order valence-electron chi connectivity index (χ4n) is 2.82. The van der Waals surface area contributed by atoms with Crippen LogP contribution in [-0.2, 0) is 16.4 Å². The largest absolute Gasteiger partial charge is 0.490 e. The van der Waals surface area contributed by atoms with Crippen LogP contribution >= 0.6 is 24.0 Å². The first-order valence-corrected chi connectivity index (χ1v) is 12.0. The maximum Gasteiger partial charge on any atom is 0.211 e. The van der Waals surface area contributed by atoms with E-state index in [9.17, 15) is 8.42 Å². The number of ether oxygens (including phenoxy) is 2. The lowest BCUT2D eigenvalue weighted by atomic mass is 10.1. The minimum Gasteiger partial charge on any atom is -0.490 e. The number of sulfonamides is 1. The highest BCUT2D eigenvalue weighted by Crippen LogP contribution is 2.28. The van der Waals surface area contributed by atoms with Crippen molar-refractivity contribution in [2.24, 2.45) is 4.99 Å². The van der Waals surface area contributed by atoms with Crippen molar-refractivity contribution < 1.29 is 17.9 Å². The molecule has 0 radical (unpaired) electrons. The molecule has 30 heavy (non-hydrogen) atoms. The highest BCUT2D eigenvalue weighted by Gasteiger charge is 2.13. The lowest BCUT2D eigenvalue weighted by Crippen LogP contribution is -2.40. The molecular formula is C20H37IN4O4S. The van der Waals surface area contributed by atoms with Crippen LogP contribution in [0.25, 0.3) is 0 Å². The number of hydrogen-bond donors (Lipinski definition) is 2. The van der Waals surface area contributed by atoms with Crippen LogP contribution in [0.2, 0.25) is 0 Å². The molecule has 2 N–H and O–H groups in total. The van der Waals surface area contributed by atoms with E-state index < -0.39 is 10.0 Å². The average Bonchev–Trinajstić information content (AvgIpc) is 2.67. The van der Waals surface area contributed by atoms with Crippen molar-refractivity contribution in [1.82, 2.24) is 14.9 Å². The van der Waals surface area contributed by atoms with Gasteiger partial charge in [0.05, 0.1) is 19.5 Å². The second-order valence-electron chi connectivity index (χ2n) is 6.43. The number of benzene rings is 1. The van der Waals surface area contributed by atoms with E-state index in [2.05, 4.69) is 15.6 Å². The van der Waals surface area contributed by atoms with Crippen molar-refractivity contribution in [2.75, 3.05) is 52.7 Å². The van der Waals surface area contributed by atoms with Crippen molar-refractivity contribution >= 4 is 40.0 Å². The van der Waals surface area contributed by atoms with Gasteiger partial charge in [0.2, 0.25) is 10.0 Å². The van der Waals surface area contributed by atoms with E-state index in [1.165, 1.54) is 10.6 Å². The maximum absolute atomic E-state index is 11.6. The molecule has 0 spiro atoms. The summed E-state index contributed by atoms with van der Waals surface area (Å²) in [6, 6.07) is 5.99. The Morgan fingerprint density at radius 2 is 1.70 bits per heavy atom. The molecule has 0 aromatic heterocycles. The number of halogens is 1. The number of nitrogens with zero attached hydrogens (tertiary/aromatic N) is 2. The van der Waals surface area contributed by atoms with Gasteiger partial charge in [-0.1, -0.05) is 13.0 Å². The van der Waals surface area contributed by atoms with Crippen LogP contribution in [0.4, 0.5) is 0 Å². The Morgan fingerprint density at radius 3 is 2.27 bits per heavy atom. The summed E-state index contributed by atoms with van der Waals surface area (Å²) in [5, 5.41) is 6.49. The molecule has 10 heteroatoms. The zero-order valence-corrected chi connectivity index (χ0v) is 21.9. The molecule has 0 bridgehead atoms. The van der Waals surface area contributed by atoms with Crippen LogP contribution in [0.15, 0.2) is 23.2 Å². The summed E-state index contributed by atoms with van der Waals surface area (Å²) in [6.45, 7) is 9.27. The molecule has 1 rings (SSSR count). The topological polar surface area (TPSA) is 92.3 Å². The van der Waals surface area contributed by atoms with E-state index in [4.69, 9.17) is 9.47 Å². The Kier molecular flexibility index (Phi) is 14.9. The van der Waals surface area contributed by atoms with Gasteiger partial charge >= 0.3 is 0 Å². The second kappa shape index (κ2) is 15.5. The number of rotatable bonds is 13. The number of hydrogen-bond acceptors (Lipinski definition) is 5. The van der Waals surface area contributed by atoms with Gasteiger partial charge in [-0.25, -0.2) is 12.7 Å². The highest BCUT2D eigenvalue weighted by atomic mass is 127. The molecule has 8 nitrogen and oxygen atoms in total. The van der Waals surface area contributed by atoms with E-state index in [1.807, 2.05) is 39.0 Å². The second-order valence-corrected chi connectivity index (χ2v) is 8.41. The zero-order chi connectivity index (χ0) is 21.7. The van der Waals surface area contributed by atoms with Gasteiger partial charge in [0, 0.05) is 33.2 Å². The molecule has 0 saturated carbocycles. The van der Waals surface area contributed by atoms with Crippen LogP contribution in [0, 0.1) is 0 Å². The van der Waals surface area contributed by atoms with Crippen LogP contribution in [0.3, 0.4) is 0 Å². The van der Waals surface area contributed by atoms with Crippen molar-refractivity contribution in [1.29, 1.82) is 0 Å². The molecule has 174 valence electrons. The maximum atomic E-state index is 11.6. The zero-order valence-electron chi connectivity index (χ0n) is 18.7. The minimum atomic E-state index is -3.14. The van der Waals surface area contributed by atoms with Gasteiger partial charge in [-0.15, -0.1) is 24.0 Å². The van der Waals surface area contributed by atoms with Crippen molar-refractivity contribution in [3.05, 3.63) is 23.8 Å². The number of guanidine groups is 1. The van der Waals surface area contributed by atoms with Gasteiger partial charge in [-0.2, -0.15) is 0 Å². The molecule has 0 aliphatic heterocycles. The number of nitrogens with one attached hydrogen (secondary N) is 2. The summed E-state index contributed by atoms with van der Waals surface area (Å²) in [4.78, 5) is 4.21. The molecule has 1 aromatic rings. The summed E-state index contributed by atoms with van der Waals surface area (Å²) in [7, 11) is -1.42. The summed E-state index contributed by atoms with van der Waals surface area (Å²) in [6.07, 6.45) is 2.76. The first-order valence-electron chi connectivity index (χ1n) is 10.1. The standard InChI is InChI=1S/C20H36N4O4S.HI/c1-6-24(29(5,25)26)15-9-13-22-20(21-4)23-14-12-17-10-11-18(27-7-2)19(16-17)28-8-3;/h10-11,16H,6-9,12-15H2,1-5H3,(H2,21,22,23);1H. The Morgan fingerprint density at radius 1 is 1.07 bits per heavy atom. The normalized spacial score (nSPS) is 11.7. The quantitative estimate of drug-likeness (QED) is 0.168. The summed E-state index contributed by atoms with van der Waals surface area (Å²) >= 11 is 0. The monoisotopic (exact) mass is 556 g/mol. The molecule has 0 aliphatic rings. The first-order chi connectivity index (χ1) is 13.8. The first kappa shape index (κ1) is 28.7. The van der Waals surface area contributed by atoms with E-state index in [-0.39, 0.29) is 24.0 Å². The van der Waals surface area contributed by atoms with Crippen molar-refractivity contribution in [3.63, 3.8) is 0 Å². The smallest absolute Gasteiger partial charge is 0.211 e. The van der Waals surface area contributed by atoms with Crippen LogP contribution in [0.1, 0.15) is 32.8 Å². The third-order valence-corrected chi connectivity index (χ3v) is 5.61. The van der Waals surface area contributed by atoms with Crippen molar-refractivity contribution in [2.45, 2.75) is 33.6 Å². The van der Waals surface area contributed by atoms with Gasteiger partial charge in [0.25, 0.3) is 0 Å². The minimum absolute atomic E-state index is 0. The van der Waals surface area contributed by atoms with Gasteiger partial charge < -0.3 is 20.1 Å². The molecule has 0 fully saturated rings. The average molecular weight is 557 g/mol. The van der Waals surface area contributed by atoms with Crippen LogP contribution < -0.4 is 20.1 Å². The molecule has 0 unspecified atom stereocenters. The number of aliphatic imine (C=N–C) groups is 1. The molecule has 1 aromatic carbocycles. The van der Waals surface area contributed by atoms with Gasteiger partial charge in [-0.05, 0) is 44.4 Å². The van der Waals surface area contributed by atoms with Crippen LogP contribution in [-0.4, -0.2) is 71.4 Å². The van der Waals surface area contributed by atoms with Crippen LogP contribution in [0.5, 0.6) is 11.5 Å². The van der Waals surface area contributed by atoms with Gasteiger partial charge in [0.1, 0.15) is 0 Å². The van der Waals surface area contributed by atoms with E-state index in [0.29, 0.717) is 51.8 Å². The third-order valence-electron chi connectivity index (χ3n) is 4.24. The Bertz CT molecular complexity index is 744. The Balaban J connectivity index is 0.00000841. The molecule has 0 amide bonds. The van der Waals surface area contributed by atoms with E-state index in [0.717, 1.165) is 23.5 Å². The highest BCUT2D eigenvalue weighted by molar-refractivity contribution is 14.0. The third kappa shape index (κ3) is 10.7. The molecule has 0 heterocycles. The molecule has 0 saturated heterocycles. The summed E-state index contributed by atoms with van der Waals surface area (Å²) < 4.78 is 35.9. The summed E-state index contributed by atoms with van der Waals surface area (Å²) in [5.74, 6) is 2.22. The summed E-state index contributed by atoms with van der Waals surface area (Å²) in [5.41, 5.74) is 1.14. The fourth-order valence-corrected chi connectivity index (χ4v) is 3.75. The van der Waals surface area contributed by atoms with E-state index in [1.54, 1.807) is 7.05 Å². The molecule has 0 atom stereocenters. The predicted molar refractivity (Wildman–Crippen MR) is 134 cm³/mol. The molecular weight excluding hydrogens is 519 g/mol.